The average molecular weight is 301 g/mol. The molecule has 1 heterocycles. The van der Waals surface area contributed by atoms with E-state index in [1.54, 1.807) is 6.92 Å². The molecule has 0 N–H and O–H groups in total. The van der Waals surface area contributed by atoms with E-state index in [0.29, 0.717) is 30.5 Å². The fourth-order valence-electron chi connectivity index (χ4n) is 1.89. The number of carbonyl (C=O) groups is 1. The standard InChI is InChI=1S/C13H23N3O3S/c1-6-18-12(17)11-14-15-13(20-11)19-8-7-16(9(2)3)10(4)5/h9-10H,6-8H2,1-5H3. The Morgan fingerprint density at radius 3 is 2.45 bits per heavy atom. The van der Waals surface area contributed by atoms with Crippen LogP contribution in [0.15, 0.2) is 0 Å². The molecule has 0 radical (unpaired) electrons. The van der Waals surface area contributed by atoms with Gasteiger partial charge in [-0.3, -0.25) is 4.90 Å². The van der Waals surface area contributed by atoms with Crippen molar-refractivity contribution in [1.29, 1.82) is 0 Å². The van der Waals surface area contributed by atoms with Gasteiger partial charge in [-0.15, -0.1) is 5.10 Å². The Morgan fingerprint density at radius 1 is 1.25 bits per heavy atom. The van der Waals surface area contributed by atoms with Gasteiger partial charge in [0.25, 0.3) is 5.19 Å². The van der Waals surface area contributed by atoms with Gasteiger partial charge in [-0.05, 0) is 46.0 Å². The largest absolute Gasteiger partial charge is 0.468 e. The van der Waals surface area contributed by atoms with E-state index in [2.05, 4.69) is 42.8 Å². The average Bonchev–Trinajstić information content (AvgIpc) is 2.82. The Bertz CT molecular complexity index is 413. The Balaban J connectivity index is 2.44. The number of esters is 1. The number of ether oxygens (including phenoxy) is 2. The quantitative estimate of drug-likeness (QED) is 0.686. The van der Waals surface area contributed by atoms with Gasteiger partial charge in [0.2, 0.25) is 5.01 Å². The van der Waals surface area contributed by atoms with Gasteiger partial charge in [0.1, 0.15) is 6.61 Å². The van der Waals surface area contributed by atoms with Crippen LogP contribution in [-0.4, -0.2) is 52.9 Å². The molecule has 0 atom stereocenters. The topological polar surface area (TPSA) is 64.5 Å². The van der Waals surface area contributed by atoms with Crippen molar-refractivity contribution < 1.29 is 14.3 Å². The minimum atomic E-state index is -0.453. The van der Waals surface area contributed by atoms with E-state index in [4.69, 9.17) is 9.47 Å². The summed E-state index contributed by atoms with van der Waals surface area (Å²) in [6, 6.07) is 0.922. The van der Waals surface area contributed by atoms with Crippen molar-refractivity contribution in [1.82, 2.24) is 15.1 Å². The zero-order chi connectivity index (χ0) is 15.1. The smallest absolute Gasteiger partial charge is 0.369 e. The molecule has 0 unspecified atom stereocenters. The fourth-order valence-corrected chi connectivity index (χ4v) is 2.51. The van der Waals surface area contributed by atoms with E-state index in [9.17, 15) is 4.79 Å². The molecule has 0 saturated heterocycles. The van der Waals surface area contributed by atoms with Crippen molar-refractivity contribution in [2.75, 3.05) is 19.8 Å². The molecular weight excluding hydrogens is 278 g/mol. The Hall–Kier alpha value is -1.21. The van der Waals surface area contributed by atoms with Crippen LogP contribution in [0.1, 0.15) is 44.4 Å². The molecule has 114 valence electrons. The molecule has 0 aromatic carbocycles. The highest BCUT2D eigenvalue weighted by atomic mass is 32.1. The second-order valence-electron chi connectivity index (χ2n) is 4.87. The van der Waals surface area contributed by atoms with Crippen LogP contribution in [0.25, 0.3) is 0 Å². The summed E-state index contributed by atoms with van der Waals surface area (Å²) in [5.74, 6) is -0.453. The number of hydrogen-bond acceptors (Lipinski definition) is 7. The number of hydrogen-bond donors (Lipinski definition) is 0. The van der Waals surface area contributed by atoms with E-state index in [1.807, 2.05) is 0 Å². The van der Waals surface area contributed by atoms with E-state index < -0.39 is 5.97 Å². The summed E-state index contributed by atoms with van der Waals surface area (Å²) in [6.07, 6.45) is 0. The summed E-state index contributed by atoms with van der Waals surface area (Å²) in [4.78, 5) is 13.8. The molecule has 0 aliphatic rings. The maximum absolute atomic E-state index is 11.4. The molecule has 1 rings (SSSR count). The molecule has 0 aliphatic carbocycles. The SMILES string of the molecule is CCOC(=O)c1nnc(OCCN(C(C)C)C(C)C)s1. The number of aromatic nitrogens is 2. The minimum Gasteiger partial charge on any atom is -0.468 e. The molecule has 1 aromatic rings. The van der Waals surface area contributed by atoms with E-state index in [0.717, 1.165) is 17.9 Å². The first-order chi connectivity index (χ1) is 9.45. The Kier molecular flexibility index (Phi) is 6.87. The first-order valence-electron chi connectivity index (χ1n) is 6.84. The molecule has 0 spiro atoms. The molecule has 0 bridgehead atoms. The van der Waals surface area contributed by atoms with Crippen molar-refractivity contribution in [3.05, 3.63) is 5.01 Å². The zero-order valence-corrected chi connectivity index (χ0v) is 13.6. The Labute approximate surface area is 124 Å². The van der Waals surface area contributed by atoms with Gasteiger partial charge in [-0.1, -0.05) is 5.10 Å². The Morgan fingerprint density at radius 2 is 1.90 bits per heavy atom. The third kappa shape index (κ3) is 5.05. The lowest BCUT2D eigenvalue weighted by molar-refractivity contribution is 0.0525. The predicted octanol–water partition coefficient (Wildman–Crippen LogP) is 2.21. The summed E-state index contributed by atoms with van der Waals surface area (Å²) in [5.41, 5.74) is 0. The van der Waals surface area contributed by atoms with Crippen LogP contribution < -0.4 is 4.74 Å². The predicted molar refractivity (Wildman–Crippen MR) is 78.3 cm³/mol. The van der Waals surface area contributed by atoms with Crippen LogP contribution >= 0.6 is 11.3 Å². The summed E-state index contributed by atoms with van der Waals surface area (Å²) in [6.45, 7) is 12.0. The van der Waals surface area contributed by atoms with E-state index in [1.165, 1.54) is 0 Å². The normalized spacial score (nSPS) is 11.4. The summed E-state index contributed by atoms with van der Waals surface area (Å²) < 4.78 is 10.4. The van der Waals surface area contributed by atoms with Gasteiger partial charge in [0.05, 0.1) is 6.61 Å². The van der Waals surface area contributed by atoms with Crippen LogP contribution in [0.3, 0.4) is 0 Å². The van der Waals surface area contributed by atoms with Crippen molar-refractivity contribution in [3.8, 4) is 5.19 Å². The third-order valence-corrected chi connectivity index (χ3v) is 3.57. The lowest BCUT2D eigenvalue weighted by atomic mass is 10.2. The van der Waals surface area contributed by atoms with Crippen molar-refractivity contribution >= 4 is 17.3 Å². The highest BCUT2D eigenvalue weighted by molar-refractivity contribution is 7.14. The zero-order valence-electron chi connectivity index (χ0n) is 12.8. The lowest BCUT2D eigenvalue weighted by Crippen LogP contribution is -2.39. The molecular formula is C13H23N3O3S. The first kappa shape index (κ1) is 16.8. The van der Waals surface area contributed by atoms with Crippen molar-refractivity contribution in [3.63, 3.8) is 0 Å². The second-order valence-corrected chi connectivity index (χ2v) is 5.81. The van der Waals surface area contributed by atoms with Gasteiger partial charge < -0.3 is 9.47 Å². The molecule has 1 aromatic heterocycles. The molecule has 0 fully saturated rings. The summed E-state index contributed by atoms with van der Waals surface area (Å²) >= 11 is 1.11. The number of nitrogens with zero attached hydrogens (tertiary/aromatic N) is 3. The van der Waals surface area contributed by atoms with E-state index >= 15 is 0 Å². The van der Waals surface area contributed by atoms with E-state index in [-0.39, 0.29) is 5.01 Å². The van der Waals surface area contributed by atoms with Gasteiger partial charge in [-0.2, -0.15) is 0 Å². The summed E-state index contributed by atoms with van der Waals surface area (Å²) in [7, 11) is 0. The minimum absolute atomic E-state index is 0.228. The maximum atomic E-state index is 11.4. The lowest BCUT2D eigenvalue weighted by Gasteiger charge is -2.29. The monoisotopic (exact) mass is 301 g/mol. The van der Waals surface area contributed by atoms with Crippen LogP contribution in [-0.2, 0) is 4.74 Å². The fraction of sp³-hybridized carbons (Fsp3) is 0.769. The molecule has 0 amide bonds. The van der Waals surface area contributed by atoms with Gasteiger partial charge >= 0.3 is 5.97 Å². The highest BCUT2D eigenvalue weighted by Gasteiger charge is 2.16. The van der Waals surface area contributed by atoms with Crippen molar-refractivity contribution in [2.24, 2.45) is 0 Å². The molecule has 0 aliphatic heterocycles. The number of rotatable bonds is 8. The van der Waals surface area contributed by atoms with Crippen LogP contribution in [0, 0.1) is 0 Å². The highest BCUT2D eigenvalue weighted by Crippen LogP contribution is 2.18. The third-order valence-electron chi connectivity index (χ3n) is 2.76. The number of carbonyl (C=O) groups excluding carboxylic acids is 1. The summed E-state index contributed by atoms with van der Waals surface area (Å²) in [5, 5.41) is 8.22. The van der Waals surface area contributed by atoms with Crippen LogP contribution in [0.5, 0.6) is 5.19 Å². The van der Waals surface area contributed by atoms with Crippen molar-refractivity contribution in [2.45, 2.75) is 46.7 Å². The van der Waals surface area contributed by atoms with Crippen LogP contribution in [0.4, 0.5) is 0 Å². The van der Waals surface area contributed by atoms with Gasteiger partial charge in [0, 0.05) is 18.6 Å². The first-order valence-corrected chi connectivity index (χ1v) is 7.66. The van der Waals surface area contributed by atoms with Gasteiger partial charge in [-0.25, -0.2) is 4.79 Å². The van der Waals surface area contributed by atoms with Crippen LogP contribution in [0.2, 0.25) is 0 Å². The molecule has 6 nitrogen and oxygen atoms in total. The molecule has 7 heteroatoms. The maximum Gasteiger partial charge on any atom is 0.369 e. The molecule has 0 saturated carbocycles. The molecule has 20 heavy (non-hydrogen) atoms. The van der Waals surface area contributed by atoms with Gasteiger partial charge in [0.15, 0.2) is 0 Å². The second kappa shape index (κ2) is 8.16.